The standard InChI is InChI=1S/C15H14FNO2S2/c16-11-4-3-5-12(10-11)21(18,19)17-14-8-9-20-15-7-2-1-6-13(14)15/h1-7,10,14,17H,8-9H2/t14-/m0/s1. The SMILES string of the molecule is O=S(=O)(N[C@H]1CCSc2ccccc21)c1cccc(F)c1. The highest BCUT2D eigenvalue weighted by atomic mass is 32.2. The van der Waals surface area contributed by atoms with Gasteiger partial charge in [0.25, 0.3) is 0 Å². The van der Waals surface area contributed by atoms with Crippen molar-refractivity contribution in [2.24, 2.45) is 0 Å². The fourth-order valence-corrected chi connectivity index (χ4v) is 4.76. The van der Waals surface area contributed by atoms with Crippen LogP contribution in [0.25, 0.3) is 0 Å². The Bertz CT molecular complexity index is 762. The number of benzene rings is 2. The van der Waals surface area contributed by atoms with Crippen LogP contribution in [0.1, 0.15) is 18.0 Å². The zero-order valence-electron chi connectivity index (χ0n) is 11.1. The van der Waals surface area contributed by atoms with E-state index in [1.165, 1.54) is 18.2 Å². The highest BCUT2D eigenvalue weighted by Crippen LogP contribution is 2.36. The molecule has 0 unspecified atom stereocenters. The highest BCUT2D eigenvalue weighted by Gasteiger charge is 2.26. The summed E-state index contributed by atoms with van der Waals surface area (Å²) in [6.45, 7) is 0. The molecule has 0 radical (unpaired) electrons. The third-order valence-corrected chi connectivity index (χ3v) is 5.95. The molecule has 3 rings (SSSR count). The van der Waals surface area contributed by atoms with Crippen molar-refractivity contribution < 1.29 is 12.8 Å². The van der Waals surface area contributed by atoms with Gasteiger partial charge in [0.05, 0.1) is 4.90 Å². The average molecular weight is 323 g/mol. The van der Waals surface area contributed by atoms with Gasteiger partial charge < -0.3 is 0 Å². The first-order valence-electron chi connectivity index (χ1n) is 6.56. The average Bonchev–Trinajstić information content (AvgIpc) is 2.47. The Morgan fingerprint density at radius 1 is 1.14 bits per heavy atom. The van der Waals surface area contributed by atoms with Gasteiger partial charge in [-0.05, 0) is 42.0 Å². The van der Waals surface area contributed by atoms with Crippen molar-refractivity contribution in [2.45, 2.75) is 22.3 Å². The van der Waals surface area contributed by atoms with E-state index < -0.39 is 15.8 Å². The van der Waals surface area contributed by atoms with E-state index in [2.05, 4.69) is 4.72 Å². The first-order valence-corrected chi connectivity index (χ1v) is 9.03. The Morgan fingerprint density at radius 2 is 1.95 bits per heavy atom. The smallest absolute Gasteiger partial charge is 0.207 e. The predicted molar refractivity (Wildman–Crippen MR) is 81.2 cm³/mol. The van der Waals surface area contributed by atoms with Crippen molar-refractivity contribution in [3.05, 3.63) is 59.9 Å². The molecule has 0 fully saturated rings. The summed E-state index contributed by atoms with van der Waals surface area (Å²) in [6.07, 6.45) is 0.718. The molecule has 0 aliphatic carbocycles. The van der Waals surface area contributed by atoms with Crippen LogP contribution < -0.4 is 4.72 Å². The van der Waals surface area contributed by atoms with Gasteiger partial charge in [0, 0.05) is 10.9 Å². The molecule has 0 aromatic heterocycles. The number of fused-ring (bicyclic) bond motifs is 1. The Hall–Kier alpha value is -1.37. The minimum absolute atomic E-state index is 0.0433. The van der Waals surface area contributed by atoms with Crippen LogP contribution in [-0.2, 0) is 10.0 Å². The van der Waals surface area contributed by atoms with E-state index in [-0.39, 0.29) is 10.9 Å². The molecule has 0 amide bonds. The zero-order chi connectivity index (χ0) is 14.9. The van der Waals surface area contributed by atoms with Gasteiger partial charge in [-0.1, -0.05) is 24.3 Å². The maximum atomic E-state index is 13.2. The van der Waals surface area contributed by atoms with E-state index >= 15 is 0 Å². The van der Waals surface area contributed by atoms with E-state index in [9.17, 15) is 12.8 Å². The minimum Gasteiger partial charge on any atom is -0.207 e. The number of halogens is 1. The number of rotatable bonds is 3. The lowest BCUT2D eigenvalue weighted by molar-refractivity contribution is 0.544. The number of thioether (sulfide) groups is 1. The Kier molecular flexibility index (Phi) is 4.01. The van der Waals surface area contributed by atoms with Crippen LogP contribution in [0.4, 0.5) is 4.39 Å². The van der Waals surface area contributed by atoms with Crippen LogP contribution in [-0.4, -0.2) is 14.2 Å². The first kappa shape index (κ1) is 14.6. The summed E-state index contributed by atoms with van der Waals surface area (Å²) in [7, 11) is -3.72. The van der Waals surface area contributed by atoms with Crippen molar-refractivity contribution in [1.29, 1.82) is 0 Å². The monoisotopic (exact) mass is 323 g/mol. The number of sulfonamides is 1. The van der Waals surface area contributed by atoms with Gasteiger partial charge in [-0.25, -0.2) is 17.5 Å². The van der Waals surface area contributed by atoms with E-state index in [1.807, 2.05) is 24.3 Å². The summed E-state index contributed by atoms with van der Waals surface area (Å²) < 4.78 is 40.7. The summed E-state index contributed by atoms with van der Waals surface area (Å²) in [6, 6.07) is 12.5. The second kappa shape index (κ2) is 5.79. The molecule has 0 bridgehead atoms. The van der Waals surface area contributed by atoms with Crippen LogP contribution >= 0.6 is 11.8 Å². The van der Waals surface area contributed by atoms with Gasteiger partial charge in [-0.2, -0.15) is 0 Å². The van der Waals surface area contributed by atoms with Crippen molar-refractivity contribution >= 4 is 21.8 Å². The van der Waals surface area contributed by atoms with Crippen molar-refractivity contribution in [1.82, 2.24) is 4.72 Å². The summed E-state index contributed by atoms with van der Waals surface area (Å²) in [5.41, 5.74) is 0.980. The van der Waals surface area contributed by atoms with Gasteiger partial charge >= 0.3 is 0 Å². The molecule has 110 valence electrons. The molecule has 1 aliphatic heterocycles. The maximum absolute atomic E-state index is 13.2. The summed E-state index contributed by atoms with van der Waals surface area (Å²) >= 11 is 1.72. The van der Waals surface area contributed by atoms with E-state index in [0.29, 0.717) is 0 Å². The second-order valence-electron chi connectivity index (χ2n) is 4.81. The molecule has 0 saturated heterocycles. The molecule has 1 atom stereocenters. The molecular formula is C15H14FNO2S2. The van der Waals surface area contributed by atoms with Gasteiger partial charge in [-0.3, -0.25) is 0 Å². The van der Waals surface area contributed by atoms with Gasteiger partial charge in [0.1, 0.15) is 5.82 Å². The summed E-state index contributed by atoms with van der Waals surface area (Å²) in [4.78, 5) is 1.05. The molecule has 3 nitrogen and oxygen atoms in total. The molecule has 21 heavy (non-hydrogen) atoms. The lowest BCUT2D eigenvalue weighted by Crippen LogP contribution is -2.30. The lowest BCUT2D eigenvalue weighted by Gasteiger charge is -2.25. The number of hydrogen-bond acceptors (Lipinski definition) is 3. The molecule has 6 heteroatoms. The second-order valence-corrected chi connectivity index (χ2v) is 7.66. The third-order valence-electron chi connectivity index (χ3n) is 3.36. The van der Waals surface area contributed by atoms with Crippen LogP contribution in [0.2, 0.25) is 0 Å². The molecule has 2 aromatic carbocycles. The van der Waals surface area contributed by atoms with Gasteiger partial charge in [0.2, 0.25) is 10.0 Å². The molecule has 0 spiro atoms. The van der Waals surface area contributed by atoms with Crippen LogP contribution in [0, 0.1) is 5.82 Å². The Labute approximate surface area is 127 Å². The normalized spacial score (nSPS) is 18.2. The Morgan fingerprint density at radius 3 is 2.76 bits per heavy atom. The lowest BCUT2D eigenvalue weighted by atomic mass is 10.1. The number of nitrogens with one attached hydrogen (secondary N) is 1. The van der Waals surface area contributed by atoms with Gasteiger partial charge in [-0.15, -0.1) is 11.8 Å². The molecular weight excluding hydrogens is 309 g/mol. The van der Waals surface area contributed by atoms with Gasteiger partial charge in [0.15, 0.2) is 0 Å². The molecule has 0 saturated carbocycles. The minimum atomic E-state index is -3.72. The maximum Gasteiger partial charge on any atom is 0.241 e. The van der Waals surface area contributed by atoms with E-state index in [1.54, 1.807) is 11.8 Å². The van der Waals surface area contributed by atoms with Crippen molar-refractivity contribution in [3.8, 4) is 0 Å². The fourth-order valence-electron chi connectivity index (χ4n) is 2.35. The fraction of sp³-hybridized carbons (Fsp3) is 0.200. The van der Waals surface area contributed by atoms with Crippen LogP contribution in [0.5, 0.6) is 0 Å². The summed E-state index contributed by atoms with van der Waals surface area (Å²) in [5, 5.41) is 0. The van der Waals surface area contributed by atoms with Crippen molar-refractivity contribution in [2.75, 3.05) is 5.75 Å². The third kappa shape index (κ3) is 3.12. The largest absolute Gasteiger partial charge is 0.241 e. The van der Waals surface area contributed by atoms with Crippen molar-refractivity contribution in [3.63, 3.8) is 0 Å². The zero-order valence-corrected chi connectivity index (χ0v) is 12.8. The van der Waals surface area contributed by atoms with E-state index in [4.69, 9.17) is 0 Å². The predicted octanol–water partition coefficient (Wildman–Crippen LogP) is 3.34. The molecule has 1 heterocycles. The molecule has 2 aromatic rings. The highest BCUT2D eigenvalue weighted by molar-refractivity contribution is 7.99. The van der Waals surface area contributed by atoms with Crippen LogP contribution in [0.3, 0.4) is 0 Å². The topological polar surface area (TPSA) is 46.2 Å². The Balaban J connectivity index is 1.90. The van der Waals surface area contributed by atoms with Crippen LogP contribution in [0.15, 0.2) is 58.3 Å². The van der Waals surface area contributed by atoms with E-state index in [0.717, 1.165) is 28.7 Å². The molecule has 1 aliphatic rings. The molecule has 1 N–H and O–H groups in total. The summed E-state index contributed by atoms with van der Waals surface area (Å²) in [5.74, 6) is 0.297. The quantitative estimate of drug-likeness (QED) is 0.942. The first-order chi connectivity index (χ1) is 10.1. The number of hydrogen-bond donors (Lipinski definition) is 1.